The van der Waals surface area contributed by atoms with Gasteiger partial charge in [0.1, 0.15) is 11.5 Å². The van der Waals surface area contributed by atoms with E-state index in [1.165, 1.54) is 0 Å². The largest absolute Gasteiger partial charge is 0.497 e. The highest BCUT2D eigenvalue weighted by atomic mass is 16.5. The Kier molecular flexibility index (Phi) is 3.64. The summed E-state index contributed by atoms with van der Waals surface area (Å²) in [5.41, 5.74) is 2.73. The quantitative estimate of drug-likeness (QED) is 0.917. The zero-order valence-corrected chi connectivity index (χ0v) is 11.8. The molecule has 0 spiro atoms. The number of ether oxygens (including phenoxy) is 2. The van der Waals surface area contributed by atoms with E-state index in [1.54, 1.807) is 21.3 Å². The third-order valence-electron chi connectivity index (χ3n) is 2.97. The molecule has 1 N–H and O–H groups in total. The molecular formula is C14H18N2O3. The van der Waals surface area contributed by atoms with E-state index in [9.17, 15) is 0 Å². The molecule has 0 aliphatic rings. The van der Waals surface area contributed by atoms with E-state index in [4.69, 9.17) is 13.9 Å². The van der Waals surface area contributed by atoms with Crippen LogP contribution in [-0.2, 0) is 0 Å². The van der Waals surface area contributed by atoms with Crippen molar-refractivity contribution in [1.29, 1.82) is 0 Å². The van der Waals surface area contributed by atoms with Crippen LogP contribution >= 0.6 is 0 Å². The highest BCUT2D eigenvalue weighted by molar-refractivity contribution is 5.73. The molecule has 0 saturated carbocycles. The number of rotatable bonds is 4. The zero-order valence-electron chi connectivity index (χ0n) is 11.8. The van der Waals surface area contributed by atoms with Gasteiger partial charge in [-0.15, -0.1) is 0 Å². The normalized spacial score (nSPS) is 10.4. The van der Waals surface area contributed by atoms with Crippen LogP contribution in [0, 0.1) is 13.8 Å². The summed E-state index contributed by atoms with van der Waals surface area (Å²) in [5.74, 6) is 2.17. The molecule has 19 heavy (non-hydrogen) atoms. The molecule has 5 heteroatoms. The van der Waals surface area contributed by atoms with Crippen LogP contribution in [0.2, 0.25) is 0 Å². The molecule has 2 aromatic rings. The van der Waals surface area contributed by atoms with Crippen molar-refractivity contribution in [3.05, 3.63) is 23.4 Å². The molecule has 0 bridgehead atoms. The van der Waals surface area contributed by atoms with E-state index < -0.39 is 0 Å². The third kappa shape index (κ3) is 2.36. The second kappa shape index (κ2) is 5.22. The van der Waals surface area contributed by atoms with Crippen LogP contribution in [-0.4, -0.2) is 26.3 Å². The molecule has 1 aromatic heterocycles. The predicted octanol–water partition coefficient (Wildman–Crippen LogP) is 3.02. The van der Waals surface area contributed by atoms with Crippen LogP contribution in [0.4, 0.5) is 6.01 Å². The Balaban J connectivity index is 2.63. The Morgan fingerprint density at radius 2 is 1.89 bits per heavy atom. The van der Waals surface area contributed by atoms with E-state index >= 15 is 0 Å². The smallest absolute Gasteiger partial charge is 0.295 e. The van der Waals surface area contributed by atoms with Crippen molar-refractivity contribution in [2.75, 3.05) is 26.6 Å². The number of anilines is 1. The van der Waals surface area contributed by atoms with Crippen molar-refractivity contribution in [3.8, 4) is 22.8 Å². The van der Waals surface area contributed by atoms with Crippen molar-refractivity contribution >= 4 is 6.01 Å². The summed E-state index contributed by atoms with van der Waals surface area (Å²) in [5, 5.41) is 2.89. The fourth-order valence-corrected chi connectivity index (χ4v) is 2.03. The maximum Gasteiger partial charge on any atom is 0.295 e. The molecule has 1 aromatic carbocycles. The summed E-state index contributed by atoms with van der Waals surface area (Å²) in [6, 6.07) is 4.27. The van der Waals surface area contributed by atoms with Gasteiger partial charge in [0.25, 0.3) is 6.01 Å². The molecular weight excluding hydrogens is 244 g/mol. The first-order chi connectivity index (χ1) is 9.10. The maximum atomic E-state index is 5.70. The van der Waals surface area contributed by atoms with Gasteiger partial charge in [-0.25, -0.2) is 0 Å². The average molecular weight is 262 g/mol. The molecule has 0 fully saturated rings. The van der Waals surface area contributed by atoms with Gasteiger partial charge in [0.15, 0.2) is 5.76 Å². The van der Waals surface area contributed by atoms with Gasteiger partial charge in [-0.2, -0.15) is 4.98 Å². The Morgan fingerprint density at radius 3 is 2.42 bits per heavy atom. The Hall–Kier alpha value is -2.17. The molecule has 0 radical (unpaired) electrons. The van der Waals surface area contributed by atoms with Crippen molar-refractivity contribution in [1.82, 2.24) is 4.98 Å². The minimum absolute atomic E-state index is 0.491. The fraction of sp³-hybridized carbons (Fsp3) is 0.357. The van der Waals surface area contributed by atoms with Gasteiger partial charge in [0.05, 0.1) is 25.5 Å². The minimum Gasteiger partial charge on any atom is -0.497 e. The lowest BCUT2D eigenvalue weighted by Gasteiger charge is -2.12. The molecule has 102 valence electrons. The second-order valence-corrected chi connectivity index (χ2v) is 4.21. The number of hydrogen-bond donors (Lipinski definition) is 1. The summed E-state index contributed by atoms with van der Waals surface area (Å²) in [4.78, 5) is 4.30. The van der Waals surface area contributed by atoms with Gasteiger partial charge in [-0.05, 0) is 25.5 Å². The summed E-state index contributed by atoms with van der Waals surface area (Å²) in [6.45, 7) is 3.89. The lowest BCUT2D eigenvalue weighted by atomic mass is 10.0. The summed E-state index contributed by atoms with van der Waals surface area (Å²) in [7, 11) is 5.03. The van der Waals surface area contributed by atoms with Crippen molar-refractivity contribution in [2.24, 2.45) is 0 Å². The van der Waals surface area contributed by atoms with Crippen LogP contribution < -0.4 is 14.8 Å². The molecule has 0 atom stereocenters. The third-order valence-corrected chi connectivity index (χ3v) is 2.97. The number of methoxy groups -OCH3 is 2. The van der Waals surface area contributed by atoms with E-state index in [-0.39, 0.29) is 0 Å². The predicted molar refractivity (Wildman–Crippen MR) is 74.1 cm³/mol. The second-order valence-electron chi connectivity index (χ2n) is 4.21. The van der Waals surface area contributed by atoms with E-state index in [2.05, 4.69) is 10.3 Å². The van der Waals surface area contributed by atoms with Crippen LogP contribution in [0.5, 0.6) is 11.5 Å². The van der Waals surface area contributed by atoms with Crippen LogP contribution in [0.15, 0.2) is 16.5 Å². The lowest BCUT2D eigenvalue weighted by Crippen LogP contribution is -1.94. The molecule has 0 amide bonds. The molecule has 0 aliphatic carbocycles. The molecule has 2 rings (SSSR count). The van der Waals surface area contributed by atoms with E-state index in [0.29, 0.717) is 17.5 Å². The van der Waals surface area contributed by atoms with Gasteiger partial charge in [-0.1, -0.05) is 0 Å². The first-order valence-corrected chi connectivity index (χ1v) is 5.98. The van der Waals surface area contributed by atoms with Crippen molar-refractivity contribution in [3.63, 3.8) is 0 Å². The zero-order chi connectivity index (χ0) is 14.0. The SMILES string of the molecule is CNc1nc(C)c(-c2c(C)cc(OC)cc2OC)o1. The minimum atomic E-state index is 0.491. The van der Waals surface area contributed by atoms with Gasteiger partial charge in [0, 0.05) is 13.1 Å². The Labute approximate surface area is 112 Å². The Bertz CT molecular complexity index is 591. The first-order valence-electron chi connectivity index (χ1n) is 5.98. The molecule has 0 unspecified atom stereocenters. The highest BCUT2D eigenvalue weighted by Crippen LogP contribution is 2.39. The molecule has 0 saturated heterocycles. The van der Waals surface area contributed by atoms with E-state index in [0.717, 1.165) is 22.6 Å². The monoisotopic (exact) mass is 262 g/mol. The summed E-state index contributed by atoms with van der Waals surface area (Å²) >= 11 is 0. The van der Waals surface area contributed by atoms with E-state index in [1.807, 2.05) is 26.0 Å². The average Bonchev–Trinajstić information content (AvgIpc) is 2.78. The van der Waals surface area contributed by atoms with Gasteiger partial charge in [-0.3, -0.25) is 0 Å². The number of nitrogens with zero attached hydrogens (tertiary/aromatic N) is 1. The highest BCUT2D eigenvalue weighted by Gasteiger charge is 2.19. The van der Waals surface area contributed by atoms with Gasteiger partial charge in [0.2, 0.25) is 0 Å². The number of oxazole rings is 1. The topological polar surface area (TPSA) is 56.5 Å². The van der Waals surface area contributed by atoms with Crippen LogP contribution in [0.25, 0.3) is 11.3 Å². The first kappa shape index (κ1) is 13.3. The van der Waals surface area contributed by atoms with Crippen LogP contribution in [0.3, 0.4) is 0 Å². The van der Waals surface area contributed by atoms with Gasteiger partial charge < -0.3 is 19.2 Å². The van der Waals surface area contributed by atoms with Crippen LogP contribution in [0.1, 0.15) is 11.3 Å². The number of benzene rings is 1. The maximum absolute atomic E-state index is 5.70. The van der Waals surface area contributed by atoms with Gasteiger partial charge >= 0.3 is 0 Å². The summed E-state index contributed by atoms with van der Waals surface area (Å²) < 4.78 is 16.4. The lowest BCUT2D eigenvalue weighted by molar-refractivity contribution is 0.394. The fourth-order valence-electron chi connectivity index (χ4n) is 2.03. The molecule has 5 nitrogen and oxygen atoms in total. The number of nitrogens with one attached hydrogen (secondary N) is 1. The molecule has 1 heterocycles. The number of hydrogen-bond acceptors (Lipinski definition) is 5. The molecule has 0 aliphatic heterocycles. The number of aromatic nitrogens is 1. The Morgan fingerprint density at radius 1 is 1.16 bits per heavy atom. The standard InChI is InChI=1S/C14H18N2O3/c1-8-6-10(17-4)7-11(18-5)12(8)13-9(2)16-14(15-3)19-13/h6-7H,1-5H3,(H,15,16). The summed E-state index contributed by atoms with van der Waals surface area (Å²) in [6.07, 6.45) is 0. The van der Waals surface area contributed by atoms with Crippen molar-refractivity contribution < 1.29 is 13.9 Å². The van der Waals surface area contributed by atoms with Crippen molar-refractivity contribution in [2.45, 2.75) is 13.8 Å². The number of aryl methyl sites for hydroxylation is 2.